The summed E-state index contributed by atoms with van der Waals surface area (Å²) < 4.78 is 11.5. The first kappa shape index (κ1) is 14.7. The Hall–Kier alpha value is -1.92. The first-order valence-corrected chi connectivity index (χ1v) is 8.37. The number of ether oxygens (including phenoxy) is 1. The Morgan fingerprint density at radius 3 is 2.96 bits per heavy atom. The molecule has 1 N–H and O–H groups in total. The third kappa shape index (κ3) is 2.84. The zero-order chi connectivity index (χ0) is 15.6. The molecule has 2 aliphatic heterocycles. The fourth-order valence-electron chi connectivity index (χ4n) is 3.38. The van der Waals surface area contributed by atoms with Gasteiger partial charge in [0.2, 0.25) is 0 Å². The Morgan fingerprint density at radius 1 is 1.30 bits per heavy atom. The van der Waals surface area contributed by atoms with Gasteiger partial charge in [0.05, 0.1) is 24.1 Å². The van der Waals surface area contributed by atoms with Gasteiger partial charge in [-0.05, 0) is 49.3 Å². The van der Waals surface area contributed by atoms with Gasteiger partial charge in [-0.2, -0.15) is 0 Å². The third-order valence-electron chi connectivity index (χ3n) is 4.46. The number of hydrogen-bond donors (Lipinski definition) is 1. The van der Waals surface area contributed by atoms with Gasteiger partial charge in [-0.1, -0.05) is 6.07 Å². The second kappa shape index (κ2) is 6.29. The highest BCUT2D eigenvalue weighted by Gasteiger charge is 2.42. The molecule has 0 aromatic carbocycles. The summed E-state index contributed by atoms with van der Waals surface area (Å²) in [6.45, 7) is 1.62. The molecular weight excluding hydrogens is 310 g/mol. The summed E-state index contributed by atoms with van der Waals surface area (Å²) in [4.78, 5) is 6.68. The molecule has 5 nitrogen and oxygen atoms in total. The van der Waals surface area contributed by atoms with E-state index in [1.165, 1.54) is 0 Å². The zero-order valence-electron chi connectivity index (χ0n) is 12.7. The molecule has 6 heteroatoms. The molecule has 4 rings (SSSR count). The molecule has 2 aliphatic rings. The van der Waals surface area contributed by atoms with Gasteiger partial charge in [-0.3, -0.25) is 4.98 Å². The SMILES string of the molecule is S=C1NC(c2ccccn2)C(c2ccco2)N1CC1CCCO1. The zero-order valence-corrected chi connectivity index (χ0v) is 13.5. The predicted molar refractivity (Wildman–Crippen MR) is 89.8 cm³/mol. The molecule has 0 bridgehead atoms. The fourth-order valence-corrected chi connectivity index (χ4v) is 3.69. The van der Waals surface area contributed by atoms with Gasteiger partial charge in [0, 0.05) is 19.3 Å². The molecule has 2 aromatic heterocycles. The monoisotopic (exact) mass is 329 g/mol. The van der Waals surface area contributed by atoms with E-state index in [0.29, 0.717) is 0 Å². The minimum absolute atomic E-state index is 0.00315. The first-order chi connectivity index (χ1) is 11.3. The van der Waals surface area contributed by atoms with Crippen LogP contribution in [0, 0.1) is 0 Å². The van der Waals surface area contributed by atoms with Gasteiger partial charge >= 0.3 is 0 Å². The minimum atomic E-state index is -0.0174. The lowest BCUT2D eigenvalue weighted by molar-refractivity contribution is 0.0817. The minimum Gasteiger partial charge on any atom is -0.467 e. The quantitative estimate of drug-likeness (QED) is 0.871. The number of aromatic nitrogens is 1. The van der Waals surface area contributed by atoms with Crippen molar-refractivity contribution in [2.24, 2.45) is 0 Å². The van der Waals surface area contributed by atoms with E-state index in [1.807, 2.05) is 36.5 Å². The van der Waals surface area contributed by atoms with Crippen molar-refractivity contribution in [2.75, 3.05) is 13.2 Å². The van der Waals surface area contributed by atoms with E-state index < -0.39 is 0 Å². The average Bonchev–Trinajstić information content (AvgIpc) is 3.31. The van der Waals surface area contributed by atoms with Gasteiger partial charge in [-0.15, -0.1) is 0 Å². The smallest absolute Gasteiger partial charge is 0.170 e. The number of hydrogen-bond acceptors (Lipinski definition) is 4. The van der Waals surface area contributed by atoms with Crippen LogP contribution in [0.3, 0.4) is 0 Å². The number of rotatable bonds is 4. The van der Waals surface area contributed by atoms with E-state index in [-0.39, 0.29) is 18.2 Å². The molecule has 2 saturated heterocycles. The lowest BCUT2D eigenvalue weighted by Crippen LogP contribution is -2.36. The van der Waals surface area contributed by atoms with Crippen LogP contribution < -0.4 is 5.32 Å². The summed E-state index contributed by atoms with van der Waals surface area (Å²) in [5, 5.41) is 4.15. The van der Waals surface area contributed by atoms with Crippen molar-refractivity contribution >= 4 is 17.3 Å². The molecule has 0 spiro atoms. The number of nitrogens with zero attached hydrogens (tertiary/aromatic N) is 2. The maximum Gasteiger partial charge on any atom is 0.170 e. The first-order valence-electron chi connectivity index (χ1n) is 7.96. The van der Waals surface area contributed by atoms with Crippen molar-refractivity contribution in [3.8, 4) is 0 Å². The summed E-state index contributed by atoms with van der Waals surface area (Å²) in [5.74, 6) is 0.894. The van der Waals surface area contributed by atoms with Crippen molar-refractivity contribution < 1.29 is 9.15 Å². The standard InChI is InChI=1S/C17H19N3O2S/c23-17-19-15(13-6-1-2-8-18-13)16(14-7-4-10-22-14)20(17)11-12-5-3-9-21-12/h1-2,4,6-8,10,12,15-16H,3,5,9,11H2,(H,19,23). The summed E-state index contributed by atoms with van der Waals surface area (Å²) in [7, 11) is 0. The van der Waals surface area contributed by atoms with Gasteiger partial charge in [0.25, 0.3) is 0 Å². The third-order valence-corrected chi connectivity index (χ3v) is 4.81. The van der Waals surface area contributed by atoms with E-state index in [1.54, 1.807) is 6.26 Å². The lowest BCUT2D eigenvalue weighted by Gasteiger charge is -2.28. The van der Waals surface area contributed by atoms with Gasteiger partial charge in [0.15, 0.2) is 5.11 Å². The highest BCUT2D eigenvalue weighted by molar-refractivity contribution is 7.80. The highest BCUT2D eigenvalue weighted by atomic mass is 32.1. The second-order valence-electron chi connectivity index (χ2n) is 5.93. The Balaban J connectivity index is 1.66. The molecule has 120 valence electrons. The second-order valence-corrected chi connectivity index (χ2v) is 6.32. The van der Waals surface area contributed by atoms with Crippen LogP contribution in [-0.4, -0.2) is 34.3 Å². The summed E-state index contributed by atoms with van der Waals surface area (Å²) in [6, 6.07) is 9.83. The van der Waals surface area contributed by atoms with E-state index in [4.69, 9.17) is 21.4 Å². The van der Waals surface area contributed by atoms with Crippen LogP contribution in [-0.2, 0) is 4.74 Å². The van der Waals surface area contributed by atoms with Crippen LogP contribution >= 0.6 is 12.2 Å². The molecule has 23 heavy (non-hydrogen) atoms. The lowest BCUT2D eigenvalue weighted by atomic mass is 10.0. The van der Waals surface area contributed by atoms with E-state index in [9.17, 15) is 0 Å². The summed E-state index contributed by atoms with van der Waals surface area (Å²) in [5.41, 5.74) is 0.964. The Bertz CT molecular complexity index is 656. The maximum absolute atomic E-state index is 5.79. The Labute approximate surface area is 140 Å². The molecule has 0 radical (unpaired) electrons. The summed E-state index contributed by atoms with van der Waals surface area (Å²) >= 11 is 5.59. The van der Waals surface area contributed by atoms with Crippen molar-refractivity contribution in [3.63, 3.8) is 0 Å². The molecule has 2 aromatic rings. The molecular formula is C17H19N3O2S. The van der Waals surface area contributed by atoms with Crippen LogP contribution in [0.4, 0.5) is 0 Å². The van der Waals surface area contributed by atoms with Crippen LogP contribution in [0.1, 0.15) is 36.4 Å². The number of nitrogens with one attached hydrogen (secondary N) is 1. The molecule has 3 atom stereocenters. The average molecular weight is 329 g/mol. The van der Waals surface area contributed by atoms with Gasteiger partial charge in [-0.25, -0.2) is 0 Å². The van der Waals surface area contributed by atoms with Gasteiger partial charge < -0.3 is 19.4 Å². The van der Waals surface area contributed by atoms with Crippen LogP contribution in [0.15, 0.2) is 47.2 Å². The van der Waals surface area contributed by atoms with Crippen LogP contribution in [0.25, 0.3) is 0 Å². The highest BCUT2D eigenvalue weighted by Crippen LogP contribution is 2.39. The molecule has 0 amide bonds. The topological polar surface area (TPSA) is 50.5 Å². The Kier molecular flexibility index (Phi) is 4.01. The number of furan rings is 1. The molecule has 0 aliphatic carbocycles. The van der Waals surface area contributed by atoms with E-state index >= 15 is 0 Å². The predicted octanol–water partition coefficient (Wildman–Crippen LogP) is 2.83. The van der Waals surface area contributed by atoms with Crippen molar-refractivity contribution in [1.82, 2.24) is 15.2 Å². The summed E-state index contributed by atoms with van der Waals surface area (Å²) in [6.07, 6.45) is 5.94. The maximum atomic E-state index is 5.79. The van der Waals surface area contributed by atoms with Crippen molar-refractivity contribution in [1.29, 1.82) is 0 Å². The van der Waals surface area contributed by atoms with Crippen molar-refractivity contribution in [3.05, 3.63) is 54.2 Å². The van der Waals surface area contributed by atoms with Crippen molar-refractivity contribution in [2.45, 2.75) is 31.0 Å². The van der Waals surface area contributed by atoms with E-state index in [0.717, 1.165) is 42.6 Å². The van der Waals surface area contributed by atoms with Crippen LogP contribution in [0.2, 0.25) is 0 Å². The van der Waals surface area contributed by atoms with Crippen LogP contribution in [0.5, 0.6) is 0 Å². The fraction of sp³-hybridized carbons (Fsp3) is 0.412. The number of thiocarbonyl (C=S) groups is 1. The molecule has 4 heterocycles. The van der Waals surface area contributed by atoms with Gasteiger partial charge in [0.1, 0.15) is 11.8 Å². The Morgan fingerprint density at radius 2 is 2.26 bits per heavy atom. The molecule has 2 fully saturated rings. The number of pyridine rings is 1. The largest absolute Gasteiger partial charge is 0.467 e. The van der Waals surface area contributed by atoms with E-state index in [2.05, 4.69) is 15.2 Å². The molecule has 0 saturated carbocycles. The molecule has 3 unspecified atom stereocenters. The normalized spacial score (nSPS) is 27.4.